The number of rotatable bonds is 6. The molecule has 1 atom stereocenters. The SMILES string of the molecule is C[C@H](NS(=O)(=O)c1ccc2ccccc2c1)C(=O)NCc1ccc(Cl)cc1Cl. The summed E-state index contributed by atoms with van der Waals surface area (Å²) in [4.78, 5) is 12.4. The summed E-state index contributed by atoms with van der Waals surface area (Å²) in [7, 11) is -3.85. The van der Waals surface area contributed by atoms with E-state index < -0.39 is 22.0 Å². The Balaban J connectivity index is 1.67. The Bertz CT molecular complexity index is 1130. The molecule has 0 bridgehead atoms. The van der Waals surface area contributed by atoms with Gasteiger partial charge in [-0.15, -0.1) is 0 Å². The molecule has 3 aromatic carbocycles. The Morgan fingerprint density at radius 1 is 1.00 bits per heavy atom. The lowest BCUT2D eigenvalue weighted by atomic mass is 10.1. The van der Waals surface area contributed by atoms with Crippen molar-refractivity contribution in [3.63, 3.8) is 0 Å². The maximum atomic E-state index is 12.6. The first-order valence-corrected chi connectivity index (χ1v) is 10.7. The Morgan fingerprint density at radius 2 is 1.71 bits per heavy atom. The molecule has 0 saturated heterocycles. The van der Waals surface area contributed by atoms with E-state index in [1.807, 2.05) is 24.3 Å². The van der Waals surface area contributed by atoms with E-state index in [0.717, 1.165) is 10.8 Å². The molecule has 0 aliphatic carbocycles. The molecule has 0 aliphatic rings. The van der Waals surface area contributed by atoms with Crippen molar-refractivity contribution < 1.29 is 13.2 Å². The van der Waals surface area contributed by atoms with E-state index in [9.17, 15) is 13.2 Å². The van der Waals surface area contributed by atoms with Gasteiger partial charge in [0.05, 0.1) is 10.9 Å². The van der Waals surface area contributed by atoms with Crippen LogP contribution in [0.1, 0.15) is 12.5 Å². The van der Waals surface area contributed by atoms with Crippen LogP contribution >= 0.6 is 23.2 Å². The highest BCUT2D eigenvalue weighted by molar-refractivity contribution is 7.89. The van der Waals surface area contributed by atoms with E-state index in [0.29, 0.717) is 15.6 Å². The number of amides is 1. The highest BCUT2D eigenvalue weighted by Crippen LogP contribution is 2.21. The highest BCUT2D eigenvalue weighted by Gasteiger charge is 2.22. The van der Waals surface area contributed by atoms with E-state index in [1.165, 1.54) is 13.0 Å². The van der Waals surface area contributed by atoms with Gasteiger partial charge >= 0.3 is 0 Å². The molecule has 2 N–H and O–H groups in total. The van der Waals surface area contributed by atoms with Crippen molar-refractivity contribution in [2.24, 2.45) is 0 Å². The number of nitrogens with one attached hydrogen (secondary N) is 2. The molecule has 146 valence electrons. The van der Waals surface area contributed by atoms with E-state index in [2.05, 4.69) is 10.0 Å². The molecule has 0 aliphatic heterocycles. The van der Waals surface area contributed by atoms with Gasteiger partial charge in [-0.05, 0) is 47.5 Å². The summed E-state index contributed by atoms with van der Waals surface area (Å²) in [6.07, 6.45) is 0. The lowest BCUT2D eigenvalue weighted by molar-refractivity contribution is -0.122. The lowest BCUT2D eigenvalue weighted by Crippen LogP contribution is -2.44. The fraction of sp³-hybridized carbons (Fsp3) is 0.150. The van der Waals surface area contributed by atoms with Gasteiger partial charge in [0.15, 0.2) is 0 Å². The summed E-state index contributed by atoms with van der Waals surface area (Å²) in [5.74, 6) is -0.463. The molecule has 0 aromatic heterocycles. The van der Waals surface area contributed by atoms with Crippen LogP contribution in [0.25, 0.3) is 10.8 Å². The van der Waals surface area contributed by atoms with Crippen molar-refractivity contribution >= 4 is 49.9 Å². The van der Waals surface area contributed by atoms with Gasteiger partial charge in [-0.25, -0.2) is 8.42 Å². The van der Waals surface area contributed by atoms with Gasteiger partial charge in [0.25, 0.3) is 0 Å². The zero-order chi connectivity index (χ0) is 20.3. The second-order valence-electron chi connectivity index (χ2n) is 6.31. The monoisotopic (exact) mass is 436 g/mol. The van der Waals surface area contributed by atoms with Gasteiger partial charge in [-0.2, -0.15) is 4.72 Å². The first-order chi connectivity index (χ1) is 13.3. The second kappa shape index (κ2) is 8.49. The minimum absolute atomic E-state index is 0.103. The maximum Gasteiger partial charge on any atom is 0.241 e. The number of hydrogen-bond acceptors (Lipinski definition) is 3. The average Bonchev–Trinajstić information content (AvgIpc) is 2.66. The zero-order valence-electron chi connectivity index (χ0n) is 14.9. The average molecular weight is 437 g/mol. The van der Waals surface area contributed by atoms with Crippen LogP contribution in [0.15, 0.2) is 65.6 Å². The molecule has 3 aromatic rings. The quantitative estimate of drug-likeness (QED) is 0.609. The predicted octanol–water partition coefficient (Wildman–Crippen LogP) is 4.13. The molecule has 0 fully saturated rings. The molecular weight excluding hydrogens is 419 g/mol. The topological polar surface area (TPSA) is 75.3 Å². The van der Waals surface area contributed by atoms with E-state index in [-0.39, 0.29) is 11.4 Å². The third-order valence-corrected chi connectivity index (χ3v) is 6.35. The summed E-state index contributed by atoms with van der Waals surface area (Å²) >= 11 is 11.9. The van der Waals surface area contributed by atoms with Gasteiger partial charge in [0.2, 0.25) is 15.9 Å². The van der Waals surface area contributed by atoms with Gasteiger partial charge in [-0.1, -0.05) is 59.6 Å². The van der Waals surface area contributed by atoms with Crippen LogP contribution in [0.2, 0.25) is 10.0 Å². The van der Waals surface area contributed by atoms with Gasteiger partial charge < -0.3 is 5.32 Å². The summed E-state index contributed by atoms with van der Waals surface area (Å²) in [5.41, 5.74) is 0.684. The number of hydrogen-bond donors (Lipinski definition) is 2. The van der Waals surface area contributed by atoms with Crippen molar-refractivity contribution in [2.75, 3.05) is 0 Å². The summed E-state index contributed by atoms with van der Waals surface area (Å²) < 4.78 is 27.7. The highest BCUT2D eigenvalue weighted by atomic mass is 35.5. The number of carbonyl (C=O) groups is 1. The summed E-state index contributed by atoms with van der Waals surface area (Å²) in [5, 5.41) is 5.34. The first kappa shape index (κ1) is 20.6. The van der Waals surface area contributed by atoms with Crippen LogP contribution in [-0.2, 0) is 21.4 Å². The molecule has 8 heteroatoms. The van der Waals surface area contributed by atoms with Crippen molar-refractivity contribution in [2.45, 2.75) is 24.4 Å². The molecule has 1 amide bonds. The van der Waals surface area contributed by atoms with Gasteiger partial charge in [0, 0.05) is 16.6 Å². The number of benzene rings is 3. The molecule has 0 spiro atoms. The van der Waals surface area contributed by atoms with Crippen molar-refractivity contribution in [3.8, 4) is 0 Å². The largest absolute Gasteiger partial charge is 0.351 e. The van der Waals surface area contributed by atoms with E-state index in [4.69, 9.17) is 23.2 Å². The van der Waals surface area contributed by atoms with E-state index in [1.54, 1.807) is 30.3 Å². The minimum atomic E-state index is -3.85. The van der Waals surface area contributed by atoms with Crippen LogP contribution in [0.4, 0.5) is 0 Å². The predicted molar refractivity (Wildman–Crippen MR) is 112 cm³/mol. The molecule has 0 unspecified atom stereocenters. The number of sulfonamides is 1. The first-order valence-electron chi connectivity index (χ1n) is 8.49. The minimum Gasteiger partial charge on any atom is -0.351 e. The summed E-state index contributed by atoms with van der Waals surface area (Å²) in [6.45, 7) is 1.65. The fourth-order valence-electron chi connectivity index (χ4n) is 2.69. The summed E-state index contributed by atoms with van der Waals surface area (Å²) in [6, 6.07) is 16.3. The Morgan fingerprint density at radius 3 is 2.43 bits per heavy atom. The van der Waals surface area contributed by atoms with Crippen LogP contribution < -0.4 is 10.0 Å². The molecular formula is C20H18Cl2N2O3S. The number of fused-ring (bicyclic) bond motifs is 1. The molecule has 0 saturated carbocycles. The standard InChI is InChI=1S/C20H18Cl2N2O3S/c1-13(20(25)23-12-16-6-8-17(21)11-19(16)22)24-28(26,27)18-9-7-14-4-2-3-5-15(14)10-18/h2-11,13,24H,12H2,1H3,(H,23,25)/t13-/m0/s1. The molecule has 28 heavy (non-hydrogen) atoms. The molecule has 0 radical (unpaired) electrons. The number of carbonyl (C=O) groups excluding carboxylic acids is 1. The lowest BCUT2D eigenvalue weighted by Gasteiger charge is -2.15. The third-order valence-electron chi connectivity index (χ3n) is 4.22. The molecule has 3 rings (SSSR count). The maximum absolute atomic E-state index is 12.6. The zero-order valence-corrected chi connectivity index (χ0v) is 17.3. The Kier molecular flexibility index (Phi) is 6.25. The fourth-order valence-corrected chi connectivity index (χ4v) is 4.40. The Labute approximate surface area is 173 Å². The van der Waals surface area contributed by atoms with Crippen LogP contribution in [-0.4, -0.2) is 20.4 Å². The third kappa shape index (κ3) is 4.83. The number of halogens is 2. The second-order valence-corrected chi connectivity index (χ2v) is 8.86. The van der Waals surface area contributed by atoms with Crippen molar-refractivity contribution in [1.82, 2.24) is 10.0 Å². The van der Waals surface area contributed by atoms with Gasteiger partial charge in [-0.3, -0.25) is 4.79 Å². The smallest absolute Gasteiger partial charge is 0.241 e. The Hall–Kier alpha value is -2.12. The van der Waals surface area contributed by atoms with Crippen molar-refractivity contribution in [1.29, 1.82) is 0 Å². The van der Waals surface area contributed by atoms with Crippen LogP contribution in [0.5, 0.6) is 0 Å². The molecule has 5 nitrogen and oxygen atoms in total. The van der Waals surface area contributed by atoms with Crippen LogP contribution in [0, 0.1) is 0 Å². The molecule has 0 heterocycles. The van der Waals surface area contributed by atoms with Gasteiger partial charge in [0.1, 0.15) is 0 Å². The van der Waals surface area contributed by atoms with Crippen molar-refractivity contribution in [3.05, 3.63) is 76.3 Å². The normalized spacial score (nSPS) is 12.7. The van der Waals surface area contributed by atoms with E-state index >= 15 is 0 Å². The van der Waals surface area contributed by atoms with Crippen LogP contribution in [0.3, 0.4) is 0 Å².